The normalized spacial score (nSPS) is 12.4. The van der Waals surface area contributed by atoms with E-state index in [1.54, 1.807) is 20.8 Å². The van der Waals surface area contributed by atoms with Gasteiger partial charge in [0.1, 0.15) is 17.0 Å². The van der Waals surface area contributed by atoms with Crippen LogP contribution in [0.2, 0.25) is 0 Å². The molecule has 0 saturated carbocycles. The van der Waals surface area contributed by atoms with Crippen LogP contribution in [-0.4, -0.2) is 45.4 Å². The minimum absolute atomic E-state index is 0.0772. The lowest BCUT2D eigenvalue weighted by atomic mass is 10.0. The minimum atomic E-state index is -1.30. The number of carboxylic acids is 1. The van der Waals surface area contributed by atoms with Gasteiger partial charge in [0, 0.05) is 12.7 Å². The number of alkyl carbamates (subject to hydrolysis) is 1. The summed E-state index contributed by atoms with van der Waals surface area (Å²) >= 11 is 0. The van der Waals surface area contributed by atoms with Gasteiger partial charge in [-0.3, -0.25) is 9.36 Å². The fraction of sp³-hybridized carbons (Fsp3) is 0.500. The van der Waals surface area contributed by atoms with E-state index in [1.165, 1.54) is 4.57 Å². The maximum Gasteiger partial charge on any atom is 0.407 e. The van der Waals surface area contributed by atoms with Crippen LogP contribution in [0.3, 0.4) is 0 Å². The summed E-state index contributed by atoms with van der Waals surface area (Å²) in [4.78, 5) is 40.6. The third kappa shape index (κ3) is 8.02. The molecule has 1 amide bonds. The molecule has 9 nitrogen and oxygen atoms in total. The first-order chi connectivity index (χ1) is 15.5. The first-order valence-electron chi connectivity index (χ1n) is 11.1. The number of carboxylic acid groups (broad SMARTS) is 1. The molecule has 0 fully saturated rings. The van der Waals surface area contributed by atoms with E-state index in [9.17, 15) is 19.5 Å². The van der Waals surface area contributed by atoms with Crippen molar-refractivity contribution in [3.8, 4) is 0 Å². The van der Waals surface area contributed by atoms with Crippen LogP contribution < -0.4 is 16.2 Å². The van der Waals surface area contributed by atoms with Gasteiger partial charge in [0.2, 0.25) is 0 Å². The third-order valence-electron chi connectivity index (χ3n) is 4.82. The highest BCUT2D eigenvalue weighted by molar-refractivity contribution is 5.86. The van der Waals surface area contributed by atoms with Gasteiger partial charge in [0.25, 0.3) is 5.56 Å². The van der Waals surface area contributed by atoms with Gasteiger partial charge >= 0.3 is 12.1 Å². The molecule has 0 radical (unpaired) electrons. The molecule has 180 valence electrons. The average Bonchev–Trinajstić information content (AvgIpc) is 2.71. The highest BCUT2D eigenvalue weighted by Gasteiger charge is 2.24. The second kappa shape index (κ2) is 11.6. The lowest BCUT2D eigenvalue weighted by molar-refractivity contribution is 0.0526. The number of hydrogen-bond donors (Lipinski definition) is 3. The molecule has 1 heterocycles. The summed E-state index contributed by atoms with van der Waals surface area (Å²) in [5.41, 5.74) is -0.634. The van der Waals surface area contributed by atoms with E-state index >= 15 is 0 Å². The summed E-state index contributed by atoms with van der Waals surface area (Å²) < 4.78 is 6.65. The van der Waals surface area contributed by atoms with E-state index in [2.05, 4.69) is 15.6 Å². The highest BCUT2D eigenvalue weighted by atomic mass is 16.6. The predicted octanol–water partition coefficient (Wildman–Crippen LogP) is 3.19. The van der Waals surface area contributed by atoms with Crippen molar-refractivity contribution in [1.29, 1.82) is 0 Å². The number of aromatic nitrogens is 2. The second-order valence-corrected chi connectivity index (χ2v) is 9.17. The number of rotatable bonds is 10. The number of hydrogen-bond acceptors (Lipinski definition) is 6. The molecule has 0 aliphatic carbocycles. The number of ether oxygens (including phenoxy) is 1. The molecule has 3 N–H and O–H groups in total. The molecule has 0 bridgehead atoms. The SMILES string of the molecule is CC(C)C(NCCCNC(=O)OC(C)(C)C)c1ncc(C(=O)O)c(=O)n1Cc1ccccc1. The van der Waals surface area contributed by atoms with Crippen LogP contribution in [-0.2, 0) is 11.3 Å². The van der Waals surface area contributed by atoms with Crippen LogP contribution in [0.5, 0.6) is 0 Å². The molecule has 0 saturated heterocycles. The lowest BCUT2D eigenvalue weighted by Gasteiger charge is -2.25. The minimum Gasteiger partial charge on any atom is -0.477 e. The van der Waals surface area contributed by atoms with E-state index in [0.717, 1.165) is 11.8 Å². The Kier molecular flexibility index (Phi) is 9.16. The van der Waals surface area contributed by atoms with Crippen LogP contribution in [0.4, 0.5) is 4.79 Å². The number of benzene rings is 1. The fourth-order valence-electron chi connectivity index (χ4n) is 3.29. The monoisotopic (exact) mass is 458 g/mol. The van der Waals surface area contributed by atoms with Gasteiger partial charge in [0.05, 0.1) is 12.6 Å². The van der Waals surface area contributed by atoms with E-state index in [0.29, 0.717) is 25.3 Å². The molecular weight excluding hydrogens is 424 g/mol. The zero-order valence-electron chi connectivity index (χ0n) is 19.9. The molecule has 33 heavy (non-hydrogen) atoms. The van der Waals surface area contributed by atoms with Crippen molar-refractivity contribution in [2.45, 2.75) is 59.2 Å². The van der Waals surface area contributed by atoms with Crippen molar-refractivity contribution in [3.63, 3.8) is 0 Å². The number of nitrogens with zero attached hydrogens (tertiary/aromatic N) is 2. The highest BCUT2D eigenvalue weighted by Crippen LogP contribution is 2.20. The van der Waals surface area contributed by atoms with Crippen LogP contribution in [0, 0.1) is 5.92 Å². The summed E-state index contributed by atoms with van der Waals surface area (Å²) in [5, 5.41) is 15.5. The zero-order chi connectivity index (χ0) is 24.6. The zero-order valence-corrected chi connectivity index (χ0v) is 19.9. The molecule has 9 heteroatoms. The predicted molar refractivity (Wildman–Crippen MR) is 125 cm³/mol. The van der Waals surface area contributed by atoms with Crippen molar-refractivity contribution >= 4 is 12.1 Å². The largest absolute Gasteiger partial charge is 0.477 e. The van der Waals surface area contributed by atoms with E-state index in [4.69, 9.17) is 4.74 Å². The van der Waals surface area contributed by atoms with Crippen LogP contribution in [0.15, 0.2) is 41.3 Å². The molecular formula is C24H34N4O5. The average molecular weight is 459 g/mol. The Labute approximate surface area is 194 Å². The summed E-state index contributed by atoms with van der Waals surface area (Å²) in [7, 11) is 0. The molecule has 1 unspecified atom stereocenters. The van der Waals surface area contributed by atoms with Crippen molar-refractivity contribution in [1.82, 2.24) is 20.2 Å². The topological polar surface area (TPSA) is 123 Å². The molecule has 0 aliphatic rings. The fourth-order valence-corrected chi connectivity index (χ4v) is 3.29. The summed E-state index contributed by atoms with van der Waals surface area (Å²) in [6.45, 7) is 10.6. The Bertz CT molecular complexity index is 996. The second-order valence-electron chi connectivity index (χ2n) is 9.17. The van der Waals surface area contributed by atoms with Gasteiger partial charge in [-0.2, -0.15) is 0 Å². The molecule has 1 atom stereocenters. The number of aromatic carboxylic acids is 1. The van der Waals surface area contributed by atoms with Crippen molar-refractivity contribution < 1.29 is 19.4 Å². The molecule has 1 aromatic carbocycles. The number of amides is 1. The molecule has 2 aromatic rings. The molecule has 2 rings (SSSR count). The Morgan fingerprint density at radius 2 is 1.82 bits per heavy atom. The van der Waals surface area contributed by atoms with E-state index < -0.39 is 23.2 Å². The Morgan fingerprint density at radius 3 is 2.39 bits per heavy atom. The Balaban J connectivity index is 2.16. The number of carbonyl (C=O) groups is 2. The van der Waals surface area contributed by atoms with Crippen molar-refractivity contribution in [3.05, 3.63) is 63.8 Å². The van der Waals surface area contributed by atoms with E-state index in [1.807, 2.05) is 44.2 Å². The van der Waals surface area contributed by atoms with Crippen molar-refractivity contribution in [2.75, 3.05) is 13.1 Å². The summed E-state index contributed by atoms with van der Waals surface area (Å²) in [6.07, 6.45) is 1.30. The molecule has 1 aromatic heterocycles. The number of nitrogens with one attached hydrogen (secondary N) is 2. The number of carbonyl (C=O) groups excluding carboxylic acids is 1. The quantitative estimate of drug-likeness (QED) is 0.467. The Hall–Kier alpha value is -3.20. The third-order valence-corrected chi connectivity index (χ3v) is 4.82. The Morgan fingerprint density at radius 1 is 1.15 bits per heavy atom. The summed E-state index contributed by atoms with van der Waals surface area (Å²) in [5.74, 6) is -0.750. The lowest BCUT2D eigenvalue weighted by Crippen LogP contribution is -2.38. The molecule has 0 aliphatic heterocycles. The summed E-state index contributed by atoms with van der Waals surface area (Å²) in [6, 6.07) is 9.08. The van der Waals surface area contributed by atoms with Crippen LogP contribution in [0.1, 0.15) is 68.8 Å². The van der Waals surface area contributed by atoms with Gasteiger partial charge in [-0.25, -0.2) is 14.6 Å². The maximum absolute atomic E-state index is 13.0. The van der Waals surface area contributed by atoms with Gasteiger partial charge in [-0.05, 0) is 45.2 Å². The van der Waals surface area contributed by atoms with Gasteiger partial charge in [-0.1, -0.05) is 44.2 Å². The first kappa shape index (κ1) is 26.1. The van der Waals surface area contributed by atoms with Crippen molar-refractivity contribution in [2.24, 2.45) is 5.92 Å². The van der Waals surface area contributed by atoms with Crippen LogP contribution >= 0.6 is 0 Å². The maximum atomic E-state index is 13.0. The van der Waals surface area contributed by atoms with Gasteiger partial charge in [-0.15, -0.1) is 0 Å². The van der Waals surface area contributed by atoms with Gasteiger partial charge in [0.15, 0.2) is 0 Å². The molecule has 0 spiro atoms. The first-order valence-corrected chi connectivity index (χ1v) is 11.1. The van der Waals surface area contributed by atoms with E-state index in [-0.39, 0.29) is 24.1 Å². The van der Waals surface area contributed by atoms with Crippen LogP contribution in [0.25, 0.3) is 0 Å². The smallest absolute Gasteiger partial charge is 0.407 e. The standard InChI is InChI=1S/C24H34N4O5/c1-16(2)19(25-12-9-13-26-23(32)33-24(3,4)5)20-27-14-18(22(30)31)21(29)28(20)15-17-10-7-6-8-11-17/h6-8,10-11,14,16,19,25H,9,12-13,15H2,1-5H3,(H,26,32)(H,30,31). The van der Waals surface area contributed by atoms with Gasteiger partial charge < -0.3 is 20.5 Å².